The third-order valence-electron chi connectivity index (χ3n) is 3.72. The number of nitrogens with zero attached hydrogens (tertiary/aromatic N) is 4. The van der Waals surface area contributed by atoms with Crippen LogP contribution in [0.3, 0.4) is 0 Å². The molecule has 22 heavy (non-hydrogen) atoms. The van der Waals surface area contributed by atoms with Gasteiger partial charge in [-0.05, 0) is 34.1 Å². The van der Waals surface area contributed by atoms with E-state index in [1.807, 2.05) is 35.4 Å². The topological polar surface area (TPSA) is 49.3 Å². The van der Waals surface area contributed by atoms with Gasteiger partial charge in [0, 0.05) is 55.8 Å². The summed E-state index contributed by atoms with van der Waals surface area (Å²) in [6, 6.07) is 7.77. The van der Waals surface area contributed by atoms with Crippen LogP contribution >= 0.6 is 15.9 Å². The van der Waals surface area contributed by atoms with Crippen LogP contribution < -0.4 is 0 Å². The smallest absolute Gasteiger partial charge is 0.255 e. The zero-order valence-corrected chi connectivity index (χ0v) is 13.7. The zero-order chi connectivity index (χ0) is 15.4. The van der Waals surface area contributed by atoms with Crippen molar-refractivity contribution in [3.63, 3.8) is 0 Å². The minimum Gasteiger partial charge on any atom is -0.336 e. The molecule has 6 heteroatoms. The van der Waals surface area contributed by atoms with Gasteiger partial charge < -0.3 is 4.90 Å². The fraction of sp³-hybridized carbons (Fsp3) is 0.312. The number of piperazine rings is 1. The predicted molar refractivity (Wildman–Crippen MR) is 87.4 cm³/mol. The fourth-order valence-corrected chi connectivity index (χ4v) is 2.91. The van der Waals surface area contributed by atoms with Crippen molar-refractivity contribution in [3.8, 4) is 0 Å². The Morgan fingerprint density at radius 2 is 2.00 bits per heavy atom. The largest absolute Gasteiger partial charge is 0.336 e. The zero-order valence-electron chi connectivity index (χ0n) is 12.2. The molecule has 1 fully saturated rings. The van der Waals surface area contributed by atoms with Crippen LogP contribution in [0.1, 0.15) is 16.1 Å². The van der Waals surface area contributed by atoms with Gasteiger partial charge in [-0.2, -0.15) is 0 Å². The quantitative estimate of drug-likeness (QED) is 0.841. The first kappa shape index (κ1) is 15.1. The van der Waals surface area contributed by atoms with Gasteiger partial charge in [0.2, 0.25) is 0 Å². The number of pyridine rings is 2. The van der Waals surface area contributed by atoms with Gasteiger partial charge in [-0.15, -0.1) is 0 Å². The third-order valence-corrected chi connectivity index (χ3v) is 4.16. The van der Waals surface area contributed by atoms with Gasteiger partial charge >= 0.3 is 0 Å². The predicted octanol–water partition coefficient (Wildman–Crippen LogP) is 2.20. The van der Waals surface area contributed by atoms with Crippen molar-refractivity contribution in [1.82, 2.24) is 19.8 Å². The van der Waals surface area contributed by atoms with E-state index in [4.69, 9.17) is 0 Å². The van der Waals surface area contributed by atoms with E-state index in [9.17, 15) is 4.79 Å². The van der Waals surface area contributed by atoms with Gasteiger partial charge in [0.1, 0.15) is 0 Å². The van der Waals surface area contributed by atoms with Crippen molar-refractivity contribution in [2.75, 3.05) is 26.2 Å². The number of carbonyl (C=O) groups excluding carboxylic acids is 1. The average Bonchev–Trinajstić information content (AvgIpc) is 2.56. The summed E-state index contributed by atoms with van der Waals surface area (Å²) in [7, 11) is 0. The van der Waals surface area contributed by atoms with E-state index in [0.29, 0.717) is 5.56 Å². The Morgan fingerprint density at radius 1 is 1.18 bits per heavy atom. The Bertz CT molecular complexity index is 642. The summed E-state index contributed by atoms with van der Waals surface area (Å²) in [6.07, 6.45) is 5.12. The van der Waals surface area contributed by atoms with E-state index in [1.54, 1.807) is 12.4 Å². The molecule has 0 unspecified atom stereocenters. The SMILES string of the molecule is O=C(c1cncc(Br)c1)N1CCN(Cc2ccccn2)CC1. The summed E-state index contributed by atoms with van der Waals surface area (Å²) in [5.74, 6) is 0.0475. The average molecular weight is 361 g/mol. The standard InChI is InChI=1S/C16H17BrN4O/c17-14-9-13(10-18-11-14)16(22)21-7-5-20(6-8-21)12-15-3-1-2-4-19-15/h1-4,9-11H,5-8,12H2. The van der Waals surface area contributed by atoms with Gasteiger partial charge in [-0.25, -0.2) is 0 Å². The lowest BCUT2D eigenvalue weighted by Gasteiger charge is -2.34. The van der Waals surface area contributed by atoms with Gasteiger partial charge in [-0.1, -0.05) is 6.07 Å². The molecular weight excluding hydrogens is 344 g/mol. The van der Waals surface area contributed by atoms with E-state index >= 15 is 0 Å². The molecular formula is C16H17BrN4O. The summed E-state index contributed by atoms with van der Waals surface area (Å²) in [5.41, 5.74) is 1.70. The molecule has 1 saturated heterocycles. The van der Waals surface area contributed by atoms with Crippen molar-refractivity contribution >= 4 is 21.8 Å². The first-order valence-corrected chi connectivity index (χ1v) is 8.04. The maximum atomic E-state index is 12.5. The second kappa shape index (κ2) is 6.98. The molecule has 3 heterocycles. The van der Waals surface area contributed by atoms with Crippen LogP contribution in [-0.4, -0.2) is 51.9 Å². The number of carbonyl (C=O) groups is 1. The lowest BCUT2D eigenvalue weighted by Crippen LogP contribution is -2.48. The van der Waals surface area contributed by atoms with Gasteiger partial charge in [0.25, 0.3) is 5.91 Å². The number of hydrogen-bond acceptors (Lipinski definition) is 4. The van der Waals surface area contributed by atoms with Crippen molar-refractivity contribution in [2.45, 2.75) is 6.54 Å². The molecule has 2 aromatic heterocycles. The van der Waals surface area contributed by atoms with E-state index in [2.05, 4.69) is 30.8 Å². The Kier molecular flexibility index (Phi) is 4.80. The lowest BCUT2D eigenvalue weighted by molar-refractivity contribution is 0.0626. The number of aromatic nitrogens is 2. The second-order valence-corrected chi connectivity index (χ2v) is 6.20. The first-order chi connectivity index (χ1) is 10.7. The van der Waals surface area contributed by atoms with Crippen LogP contribution in [0.5, 0.6) is 0 Å². The van der Waals surface area contributed by atoms with E-state index in [-0.39, 0.29) is 5.91 Å². The summed E-state index contributed by atoms with van der Waals surface area (Å²) < 4.78 is 0.826. The second-order valence-electron chi connectivity index (χ2n) is 5.28. The Hall–Kier alpha value is -1.79. The molecule has 0 saturated carbocycles. The minimum absolute atomic E-state index is 0.0475. The normalized spacial score (nSPS) is 15.8. The van der Waals surface area contributed by atoms with Crippen LogP contribution in [0.15, 0.2) is 47.3 Å². The van der Waals surface area contributed by atoms with Gasteiger partial charge in [0.15, 0.2) is 0 Å². The Morgan fingerprint density at radius 3 is 2.68 bits per heavy atom. The summed E-state index contributed by atoms with van der Waals surface area (Å²) in [4.78, 5) is 25.1. The highest BCUT2D eigenvalue weighted by molar-refractivity contribution is 9.10. The van der Waals surface area contributed by atoms with Crippen molar-refractivity contribution in [2.24, 2.45) is 0 Å². The molecule has 0 aliphatic carbocycles. The van der Waals surface area contributed by atoms with Crippen molar-refractivity contribution in [3.05, 3.63) is 58.6 Å². The Balaban J connectivity index is 1.56. The van der Waals surface area contributed by atoms with Gasteiger partial charge in [-0.3, -0.25) is 19.7 Å². The minimum atomic E-state index is 0.0475. The molecule has 0 N–H and O–H groups in total. The van der Waals surface area contributed by atoms with Crippen molar-refractivity contribution < 1.29 is 4.79 Å². The molecule has 5 nitrogen and oxygen atoms in total. The molecule has 0 radical (unpaired) electrons. The van der Waals surface area contributed by atoms with Crippen LogP contribution in [0.2, 0.25) is 0 Å². The summed E-state index contributed by atoms with van der Waals surface area (Å²) in [5, 5.41) is 0. The summed E-state index contributed by atoms with van der Waals surface area (Å²) >= 11 is 3.35. The third kappa shape index (κ3) is 3.69. The van der Waals surface area contributed by atoms with Crippen LogP contribution in [0.4, 0.5) is 0 Å². The number of amides is 1. The highest BCUT2D eigenvalue weighted by atomic mass is 79.9. The molecule has 1 amide bonds. The van der Waals surface area contributed by atoms with Crippen molar-refractivity contribution in [1.29, 1.82) is 0 Å². The van der Waals surface area contributed by atoms with Crippen LogP contribution in [0, 0.1) is 0 Å². The first-order valence-electron chi connectivity index (χ1n) is 7.24. The number of hydrogen-bond donors (Lipinski definition) is 0. The lowest BCUT2D eigenvalue weighted by atomic mass is 10.2. The monoisotopic (exact) mass is 360 g/mol. The number of rotatable bonds is 3. The molecule has 114 valence electrons. The molecule has 3 rings (SSSR count). The van der Waals surface area contributed by atoms with Crippen LogP contribution in [0.25, 0.3) is 0 Å². The maximum Gasteiger partial charge on any atom is 0.255 e. The molecule has 0 atom stereocenters. The van der Waals surface area contributed by atoms with Crippen LogP contribution in [-0.2, 0) is 6.54 Å². The molecule has 1 aliphatic rings. The Labute approximate surface area is 138 Å². The number of halogens is 1. The molecule has 1 aliphatic heterocycles. The molecule has 0 spiro atoms. The van der Waals surface area contributed by atoms with E-state index in [0.717, 1.165) is 42.9 Å². The van der Waals surface area contributed by atoms with Gasteiger partial charge in [0.05, 0.1) is 11.3 Å². The maximum absolute atomic E-state index is 12.5. The molecule has 2 aromatic rings. The molecule has 0 bridgehead atoms. The fourth-order valence-electron chi connectivity index (χ4n) is 2.54. The summed E-state index contributed by atoms with van der Waals surface area (Å²) in [6.45, 7) is 4.03. The van der Waals surface area contributed by atoms with E-state index < -0.39 is 0 Å². The highest BCUT2D eigenvalue weighted by Gasteiger charge is 2.22. The molecule has 0 aromatic carbocycles. The van der Waals surface area contributed by atoms with E-state index in [1.165, 1.54) is 0 Å². The highest BCUT2D eigenvalue weighted by Crippen LogP contribution is 2.14.